The van der Waals surface area contributed by atoms with Crippen molar-refractivity contribution in [1.29, 1.82) is 0 Å². The zero-order valence-electron chi connectivity index (χ0n) is 19.8. The number of carbonyl (C=O) groups excluding carboxylic acids is 3. The predicted molar refractivity (Wildman–Crippen MR) is 128 cm³/mol. The normalized spacial score (nSPS) is 17.1. The summed E-state index contributed by atoms with van der Waals surface area (Å²) in [5.41, 5.74) is 1.13. The van der Waals surface area contributed by atoms with Crippen LogP contribution in [0.25, 0.3) is 0 Å². The molecule has 1 aliphatic carbocycles. The van der Waals surface area contributed by atoms with Gasteiger partial charge in [0.1, 0.15) is 0 Å². The molecule has 178 valence electrons. The third kappa shape index (κ3) is 9.41. The topological polar surface area (TPSA) is 87.3 Å². The van der Waals surface area contributed by atoms with Crippen LogP contribution in [-0.2, 0) is 20.8 Å². The van der Waals surface area contributed by atoms with E-state index in [9.17, 15) is 14.4 Å². The SMILES string of the molecule is CCC(C(=O)NCC1CCCCC1)C(C)CNC(=O)CC[C@H](Cc1ccccc1)NC=O. The molecule has 6 heteroatoms. The van der Waals surface area contributed by atoms with Crippen molar-refractivity contribution in [3.8, 4) is 0 Å². The molecular weight excluding hydrogens is 402 g/mol. The highest BCUT2D eigenvalue weighted by Crippen LogP contribution is 2.23. The molecule has 1 aromatic rings. The Morgan fingerprint density at radius 1 is 1.09 bits per heavy atom. The highest BCUT2D eigenvalue weighted by molar-refractivity contribution is 5.79. The van der Waals surface area contributed by atoms with Gasteiger partial charge in [0.2, 0.25) is 18.2 Å². The van der Waals surface area contributed by atoms with Crippen LogP contribution >= 0.6 is 0 Å². The van der Waals surface area contributed by atoms with E-state index in [0.29, 0.717) is 38.1 Å². The van der Waals surface area contributed by atoms with E-state index in [1.54, 1.807) is 0 Å². The Morgan fingerprint density at radius 3 is 2.47 bits per heavy atom. The summed E-state index contributed by atoms with van der Waals surface area (Å²) in [4.78, 5) is 36.0. The molecule has 3 amide bonds. The largest absolute Gasteiger partial charge is 0.356 e. The monoisotopic (exact) mass is 443 g/mol. The van der Waals surface area contributed by atoms with Gasteiger partial charge in [-0.05, 0) is 49.5 Å². The fourth-order valence-corrected chi connectivity index (χ4v) is 4.66. The molecule has 0 radical (unpaired) electrons. The molecule has 0 spiro atoms. The zero-order valence-corrected chi connectivity index (χ0v) is 19.8. The summed E-state index contributed by atoms with van der Waals surface area (Å²) in [6.45, 7) is 5.32. The zero-order chi connectivity index (χ0) is 23.2. The molecule has 32 heavy (non-hydrogen) atoms. The van der Waals surface area contributed by atoms with E-state index in [1.165, 1.54) is 32.1 Å². The van der Waals surface area contributed by atoms with Crippen LogP contribution in [0.1, 0.15) is 70.8 Å². The quantitative estimate of drug-likeness (QED) is 0.384. The first-order valence-corrected chi connectivity index (χ1v) is 12.3. The molecule has 0 bridgehead atoms. The number of benzene rings is 1. The van der Waals surface area contributed by atoms with Crippen molar-refractivity contribution in [3.63, 3.8) is 0 Å². The molecule has 1 fully saturated rings. The number of rotatable bonds is 14. The van der Waals surface area contributed by atoms with Crippen molar-refractivity contribution < 1.29 is 14.4 Å². The van der Waals surface area contributed by atoms with Gasteiger partial charge >= 0.3 is 0 Å². The van der Waals surface area contributed by atoms with Crippen molar-refractivity contribution in [2.24, 2.45) is 17.8 Å². The number of carbonyl (C=O) groups is 3. The number of amides is 3. The van der Waals surface area contributed by atoms with Crippen LogP contribution in [0.5, 0.6) is 0 Å². The van der Waals surface area contributed by atoms with Crippen molar-refractivity contribution in [2.45, 2.75) is 77.7 Å². The third-order valence-corrected chi connectivity index (χ3v) is 6.72. The Labute approximate surface area is 193 Å². The molecule has 0 saturated heterocycles. The molecule has 0 aromatic heterocycles. The van der Waals surface area contributed by atoms with E-state index in [1.807, 2.05) is 44.2 Å². The first-order chi connectivity index (χ1) is 15.5. The smallest absolute Gasteiger partial charge is 0.223 e. The van der Waals surface area contributed by atoms with Crippen LogP contribution in [0.3, 0.4) is 0 Å². The Bertz CT molecular complexity index is 689. The van der Waals surface area contributed by atoms with Crippen molar-refractivity contribution in [2.75, 3.05) is 13.1 Å². The third-order valence-electron chi connectivity index (χ3n) is 6.72. The van der Waals surface area contributed by atoms with Crippen LogP contribution in [-0.4, -0.2) is 37.4 Å². The van der Waals surface area contributed by atoms with E-state index in [-0.39, 0.29) is 29.7 Å². The second-order valence-electron chi connectivity index (χ2n) is 9.26. The van der Waals surface area contributed by atoms with Gasteiger partial charge in [0.05, 0.1) is 0 Å². The lowest BCUT2D eigenvalue weighted by atomic mass is 9.88. The highest BCUT2D eigenvalue weighted by Gasteiger charge is 2.25. The Hall–Kier alpha value is -2.37. The van der Waals surface area contributed by atoms with Crippen LogP contribution in [0.15, 0.2) is 30.3 Å². The molecule has 0 heterocycles. The molecule has 1 aromatic carbocycles. The van der Waals surface area contributed by atoms with E-state index in [2.05, 4.69) is 16.0 Å². The second kappa shape index (κ2) is 14.6. The van der Waals surface area contributed by atoms with Gasteiger partial charge in [-0.15, -0.1) is 0 Å². The molecule has 0 aliphatic heterocycles. The van der Waals surface area contributed by atoms with E-state index in [0.717, 1.165) is 18.5 Å². The fourth-order valence-electron chi connectivity index (χ4n) is 4.66. The summed E-state index contributed by atoms with van der Waals surface area (Å²) in [6, 6.07) is 9.86. The minimum atomic E-state index is -0.0959. The van der Waals surface area contributed by atoms with Crippen molar-refractivity contribution in [3.05, 3.63) is 35.9 Å². The summed E-state index contributed by atoms with van der Waals surface area (Å²) in [5.74, 6) is 0.659. The van der Waals surface area contributed by atoms with Gasteiger partial charge in [-0.2, -0.15) is 0 Å². The molecule has 1 saturated carbocycles. The number of nitrogens with one attached hydrogen (secondary N) is 3. The standard InChI is InChI=1S/C26H41N3O3/c1-3-24(26(32)28-18-22-12-8-5-9-13-22)20(2)17-27-25(31)15-14-23(29-19-30)16-21-10-6-4-7-11-21/h4,6-7,10-11,19-20,22-24H,3,5,8-9,12-18H2,1-2H3,(H,27,31)(H,28,32)(H,29,30)/t20?,23-,24?/m1/s1. The lowest BCUT2D eigenvalue weighted by molar-refractivity contribution is -0.127. The summed E-state index contributed by atoms with van der Waals surface area (Å²) in [5, 5.41) is 8.96. The van der Waals surface area contributed by atoms with Crippen LogP contribution < -0.4 is 16.0 Å². The lowest BCUT2D eigenvalue weighted by Gasteiger charge is -2.26. The summed E-state index contributed by atoms with van der Waals surface area (Å²) in [6.07, 6.45) is 9.37. The maximum absolute atomic E-state index is 12.7. The van der Waals surface area contributed by atoms with Gasteiger partial charge in [0.25, 0.3) is 0 Å². The summed E-state index contributed by atoms with van der Waals surface area (Å²) in [7, 11) is 0. The van der Waals surface area contributed by atoms with Gasteiger partial charge in [0, 0.05) is 31.5 Å². The Morgan fingerprint density at radius 2 is 1.81 bits per heavy atom. The Balaban J connectivity index is 1.71. The molecule has 1 aliphatic rings. The minimum absolute atomic E-state index is 0.0416. The fraction of sp³-hybridized carbons (Fsp3) is 0.654. The van der Waals surface area contributed by atoms with Crippen molar-refractivity contribution in [1.82, 2.24) is 16.0 Å². The lowest BCUT2D eigenvalue weighted by Crippen LogP contribution is -2.41. The minimum Gasteiger partial charge on any atom is -0.356 e. The molecule has 2 unspecified atom stereocenters. The maximum Gasteiger partial charge on any atom is 0.223 e. The number of hydrogen-bond acceptors (Lipinski definition) is 3. The molecular formula is C26H41N3O3. The van der Waals surface area contributed by atoms with Gasteiger partial charge in [0.15, 0.2) is 0 Å². The van der Waals surface area contributed by atoms with Gasteiger partial charge in [-0.25, -0.2) is 0 Å². The summed E-state index contributed by atoms with van der Waals surface area (Å²) >= 11 is 0. The molecule has 2 rings (SSSR count). The van der Waals surface area contributed by atoms with Crippen LogP contribution in [0.2, 0.25) is 0 Å². The van der Waals surface area contributed by atoms with E-state index >= 15 is 0 Å². The predicted octanol–water partition coefficient (Wildman–Crippen LogP) is 3.60. The van der Waals surface area contributed by atoms with E-state index < -0.39 is 0 Å². The van der Waals surface area contributed by atoms with Gasteiger partial charge in [-0.3, -0.25) is 14.4 Å². The number of hydrogen-bond donors (Lipinski definition) is 3. The second-order valence-corrected chi connectivity index (χ2v) is 9.26. The van der Waals surface area contributed by atoms with Gasteiger partial charge < -0.3 is 16.0 Å². The summed E-state index contributed by atoms with van der Waals surface area (Å²) < 4.78 is 0. The first kappa shape index (κ1) is 25.9. The molecule has 3 atom stereocenters. The highest BCUT2D eigenvalue weighted by atomic mass is 16.2. The average Bonchev–Trinajstić information content (AvgIpc) is 2.82. The molecule has 6 nitrogen and oxygen atoms in total. The van der Waals surface area contributed by atoms with Crippen LogP contribution in [0.4, 0.5) is 0 Å². The van der Waals surface area contributed by atoms with Crippen molar-refractivity contribution >= 4 is 18.2 Å². The van der Waals surface area contributed by atoms with E-state index in [4.69, 9.17) is 0 Å². The van der Waals surface area contributed by atoms with Gasteiger partial charge in [-0.1, -0.05) is 63.4 Å². The molecule has 3 N–H and O–H groups in total. The first-order valence-electron chi connectivity index (χ1n) is 12.3. The maximum atomic E-state index is 12.7. The average molecular weight is 444 g/mol. The Kier molecular flexibility index (Phi) is 11.8. The van der Waals surface area contributed by atoms with Crippen LogP contribution in [0, 0.1) is 17.8 Å².